The smallest absolute Gasteiger partial charge is 0.228 e. The van der Waals surface area contributed by atoms with Crippen LogP contribution < -0.4 is 10.1 Å². The molecule has 1 aliphatic heterocycles. The number of carbonyl (C=O) groups excluding carboxylic acids is 1. The molecule has 3 aromatic rings. The van der Waals surface area contributed by atoms with Gasteiger partial charge >= 0.3 is 0 Å². The summed E-state index contributed by atoms with van der Waals surface area (Å²) in [4.78, 5) is 15.1. The summed E-state index contributed by atoms with van der Waals surface area (Å²) in [5.74, 6) is 2.20. The van der Waals surface area contributed by atoms with Crippen LogP contribution in [0, 0.1) is 5.92 Å². The summed E-state index contributed by atoms with van der Waals surface area (Å²) in [6, 6.07) is 19.5. The van der Waals surface area contributed by atoms with Crippen LogP contribution in [0.4, 0.5) is 5.69 Å². The highest BCUT2D eigenvalue weighted by molar-refractivity contribution is 5.93. The summed E-state index contributed by atoms with van der Waals surface area (Å²) in [5.41, 5.74) is 2.94. The van der Waals surface area contributed by atoms with Gasteiger partial charge in [-0.15, -0.1) is 0 Å². The summed E-state index contributed by atoms with van der Waals surface area (Å²) in [7, 11) is 1.66. The van der Waals surface area contributed by atoms with Gasteiger partial charge in [-0.1, -0.05) is 24.3 Å². The molecule has 2 heterocycles. The Morgan fingerprint density at radius 3 is 2.68 bits per heavy atom. The van der Waals surface area contributed by atoms with E-state index in [0.717, 1.165) is 47.7 Å². The predicted octanol–water partition coefficient (Wildman–Crippen LogP) is 4.30. The number of nitrogens with one attached hydrogen (secondary N) is 1. The topological polar surface area (TPSA) is 74.9 Å². The normalized spacial score (nSPS) is 16.8. The van der Waals surface area contributed by atoms with Crippen molar-refractivity contribution in [2.24, 2.45) is 5.92 Å². The molecule has 0 radical (unpaired) electrons. The quantitative estimate of drug-likeness (QED) is 0.596. The molecule has 0 spiro atoms. The number of methoxy groups -OCH3 is 1. The first-order valence-electron chi connectivity index (χ1n) is 10.6. The first-order chi connectivity index (χ1) is 15.1. The largest absolute Gasteiger partial charge is 0.497 e. The molecule has 2 N–H and O–H groups in total. The molecule has 4 rings (SSSR count). The molecule has 0 aliphatic carbocycles. The SMILES string of the molecule is COc1cccc(-c2ccc(NC(=O)[C@@H]3CCCN(Cc4ccc(CO)o4)C3)cc2)c1. The highest BCUT2D eigenvalue weighted by Gasteiger charge is 2.26. The van der Waals surface area contributed by atoms with Crippen LogP contribution in [0.1, 0.15) is 24.4 Å². The molecule has 0 saturated carbocycles. The number of aliphatic hydroxyl groups excluding tert-OH is 1. The highest BCUT2D eigenvalue weighted by atomic mass is 16.5. The average molecular weight is 421 g/mol. The van der Waals surface area contributed by atoms with Crippen LogP contribution in [0.5, 0.6) is 5.75 Å². The number of carbonyl (C=O) groups is 1. The molecular formula is C25H28N2O4. The summed E-state index contributed by atoms with van der Waals surface area (Å²) < 4.78 is 10.9. The van der Waals surface area contributed by atoms with Crippen LogP contribution >= 0.6 is 0 Å². The predicted molar refractivity (Wildman–Crippen MR) is 120 cm³/mol. The van der Waals surface area contributed by atoms with E-state index in [-0.39, 0.29) is 18.4 Å². The van der Waals surface area contributed by atoms with Crippen molar-refractivity contribution in [3.05, 3.63) is 72.2 Å². The fourth-order valence-electron chi connectivity index (χ4n) is 4.02. The van der Waals surface area contributed by atoms with Gasteiger partial charge in [-0.05, 0) is 66.9 Å². The summed E-state index contributed by atoms with van der Waals surface area (Å²) in [6.45, 7) is 2.19. The molecular weight excluding hydrogens is 392 g/mol. The number of hydrogen-bond acceptors (Lipinski definition) is 5. The Balaban J connectivity index is 1.35. The molecule has 0 bridgehead atoms. The molecule has 6 nitrogen and oxygen atoms in total. The fourth-order valence-corrected chi connectivity index (χ4v) is 4.02. The lowest BCUT2D eigenvalue weighted by Gasteiger charge is -2.31. The molecule has 0 unspecified atom stereocenters. The van der Waals surface area contributed by atoms with E-state index >= 15 is 0 Å². The van der Waals surface area contributed by atoms with Gasteiger partial charge in [-0.25, -0.2) is 0 Å². The van der Waals surface area contributed by atoms with Crippen molar-refractivity contribution in [2.45, 2.75) is 26.0 Å². The van der Waals surface area contributed by atoms with Crippen LogP contribution in [-0.2, 0) is 17.9 Å². The van der Waals surface area contributed by atoms with Crippen molar-refractivity contribution in [3.63, 3.8) is 0 Å². The number of ether oxygens (including phenoxy) is 1. The number of aliphatic hydroxyl groups is 1. The second kappa shape index (κ2) is 9.81. The van der Waals surface area contributed by atoms with Gasteiger partial charge in [0.2, 0.25) is 5.91 Å². The minimum absolute atomic E-state index is 0.0503. The molecule has 1 saturated heterocycles. The maximum atomic E-state index is 12.8. The van der Waals surface area contributed by atoms with Gasteiger partial charge in [-0.2, -0.15) is 0 Å². The van der Waals surface area contributed by atoms with E-state index < -0.39 is 0 Å². The Kier molecular flexibility index (Phi) is 6.70. The zero-order valence-corrected chi connectivity index (χ0v) is 17.7. The summed E-state index contributed by atoms with van der Waals surface area (Å²) >= 11 is 0. The number of hydrogen-bond donors (Lipinski definition) is 2. The number of anilines is 1. The lowest BCUT2D eigenvalue weighted by atomic mass is 9.97. The van der Waals surface area contributed by atoms with Crippen molar-refractivity contribution in [2.75, 3.05) is 25.5 Å². The third-order valence-electron chi connectivity index (χ3n) is 5.68. The van der Waals surface area contributed by atoms with Gasteiger partial charge in [0.1, 0.15) is 23.9 Å². The van der Waals surface area contributed by atoms with Gasteiger partial charge in [0.25, 0.3) is 0 Å². The second-order valence-electron chi connectivity index (χ2n) is 7.90. The summed E-state index contributed by atoms with van der Waals surface area (Å²) in [5, 5.41) is 12.2. The number of amides is 1. The first kappa shape index (κ1) is 21.2. The maximum absolute atomic E-state index is 12.8. The van der Waals surface area contributed by atoms with Crippen molar-refractivity contribution < 1.29 is 19.1 Å². The lowest BCUT2D eigenvalue weighted by Crippen LogP contribution is -2.40. The number of rotatable bonds is 7. The molecule has 162 valence electrons. The Hall–Kier alpha value is -3.09. The van der Waals surface area contributed by atoms with Crippen molar-refractivity contribution in [1.82, 2.24) is 4.90 Å². The van der Waals surface area contributed by atoms with E-state index in [1.54, 1.807) is 13.2 Å². The van der Waals surface area contributed by atoms with E-state index in [1.165, 1.54) is 0 Å². The minimum atomic E-state index is -0.0956. The van der Waals surface area contributed by atoms with Gasteiger partial charge in [-0.3, -0.25) is 9.69 Å². The van der Waals surface area contributed by atoms with Gasteiger partial charge in [0.05, 0.1) is 19.6 Å². The van der Waals surface area contributed by atoms with E-state index in [4.69, 9.17) is 14.3 Å². The number of furan rings is 1. The Labute approximate surface area is 182 Å². The van der Waals surface area contributed by atoms with Crippen LogP contribution in [-0.4, -0.2) is 36.1 Å². The first-order valence-corrected chi connectivity index (χ1v) is 10.6. The van der Waals surface area contributed by atoms with Gasteiger partial charge in [0.15, 0.2) is 0 Å². The molecule has 1 amide bonds. The van der Waals surface area contributed by atoms with Gasteiger partial charge < -0.3 is 19.6 Å². The zero-order chi connectivity index (χ0) is 21.6. The van der Waals surface area contributed by atoms with E-state index in [0.29, 0.717) is 18.8 Å². The van der Waals surface area contributed by atoms with Crippen molar-refractivity contribution >= 4 is 11.6 Å². The molecule has 1 atom stereocenters. The van der Waals surface area contributed by atoms with Crippen LogP contribution in [0.2, 0.25) is 0 Å². The van der Waals surface area contributed by atoms with E-state index in [2.05, 4.69) is 10.2 Å². The Bertz CT molecular complexity index is 1010. The molecule has 1 aromatic heterocycles. The minimum Gasteiger partial charge on any atom is -0.497 e. The van der Waals surface area contributed by atoms with Crippen LogP contribution in [0.3, 0.4) is 0 Å². The molecule has 1 aliphatic rings. The molecule has 31 heavy (non-hydrogen) atoms. The van der Waals surface area contributed by atoms with Crippen molar-refractivity contribution in [3.8, 4) is 16.9 Å². The van der Waals surface area contributed by atoms with Gasteiger partial charge in [0, 0.05) is 12.2 Å². The van der Waals surface area contributed by atoms with Crippen molar-refractivity contribution in [1.29, 1.82) is 0 Å². The number of benzene rings is 2. The zero-order valence-electron chi connectivity index (χ0n) is 17.7. The lowest BCUT2D eigenvalue weighted by molar-refractivity contribution is -0.121. The molecule has 6 heteroatoms. The monoisotopic (exact) mass is 420 g/mol. The van der Waals surface area contributed by atoms with E-state index in [1.807, 2.05) is 54.6 Å². The maximum Gasteiger partial charge on any atom is 0.228 e. The third kappa shape index (κ3) is 5.34. The number of likely N-dealkylation sites (tertiary alicyclic amines) is 1. The summed E-state index contributed by atoms with van der Waals surface area (Å²) in [6.07, 6.45) is 1.85. The van der Waals surface area contributed by atoms with Crippen LogP contribution in [0.15, 0.2) is 65.1 Å². The van der Waals surface area contributed by atoms with E-state index in [9.17, 15) is 4.79 Å². The Morgan fingerprint density at radius 1 is 1.13 bits per heavy atom. The molecule has 2 aromatic carbocycles. The highest BCUT2D eigenvalue weighted by Crippen LogP contribution is 2.26. The molecule has 1 fully saturated rings. The second-order valence-corrected chi connectivity index (χ2v) is 7.90. The number of nitrogens with zero attached hydrogens (tertiary/aromatic N) is 1. The third-order valence-corrected chi connectivity index (χ3v) is 5.68. The Morgan fingerprint density at radius 2 is 1.94 bits per heavy atom. The fraction of sp³-hybridized carbons (Fsp3) is 0.320. The standard InChI is InChI=1S/C25H28N2O4/c1-30-22-6-2-4-19(14-22)18-7-9-21(10-8-18)26-25(29)20-5-3-13-27(15-20)16-23-11-12-24(17-28)31-23/h2,4,6-12,14,20,28H,3,5,13,15-17H2,1H3,(H,26,29)/t20-/m1/s1. The van der Waals surface area contributed by atoms with Crippen LogP contribution in [0.25, 0.3) is 11.1 Å². The average Bonchev–Trinajstić information content (AvgIpc) is 3.27. The number of piperidine rings is 1.